The van der Waals surface area contributed by atoms with Gasteiger partial charge in [-0.2, -0.15) is 0 Å². The lowest BCUT2D eigenvalue weighted by Gasteiger charge is -2.37. The number of thiazole rings is 1. The van der Waals surface area contributed by atoms with Crippen LogP contribution < -0.4 is 10.2 Å². The van der Waals surface area contributed by atoms with Gasteiger partial charge in [0, 0.05) is 68.1 Å². The van der Waals surface area contributed by atoms with Gasteiger partial charge in [-0.1, -0.05) is 18.2 Å². The molecule has 0 aliphatic carbocycles. The normalized spacial score (nSPS) is 20.3. The van der Waals surface area contributed by atoms with E-state index < -0.39 is 0 Å². The summed E-state index contributed by atoms with van der Waals surface area (Å²) in [5.74, 6) is 0.137. The van der Waals surface area contributed by atoms with Crippen molar-refractivity contribution in [1.82, 2.24) is 14.8 Å². The third kappa shape index (κ3) is 4.21. The van der Waals surface area contributed by atoms with Crippen molar-refractivity contribution in [1.29, 1.82) is 0 Å². The number of anilines is 2. The van der Waals surface area contributed by atoms with Crippen LogP contribution in [0.2, 0.25) is 0 Å². The second-order valence-electron chi connectivity index (χ2n) is 9.17. The molecule has 2 aromatic carbocycles. The first-order valence-corrected chi connectivity index (χ1v) is 12.7. The molecule has 1 aromatic heterocycles. The van der Waals surface area contributed by atoms with Gasteiger partial charge in [0.15, 0.2) is 5.01 Å². The maximum Gasteiger partial charge on any atom is 0.282 e. The lowest BCUT2D eigenvalue weighted by molar-refractivity contribution is -0.117. The maximum absolute atomic E-state index is 13.0. The first-order chi connectivity index (χ1) is 17.0. The zero-order chi connectivity index (χ0) is 23.9. The predicted octanol–water partition coefficient (Wildman–Crippen LogP) is 2.87. The van der Waals surface area contributed by atoms with Crippen LogP contribution in [0.3, 0.4) is 0 Å². The molecule has 0 spiro atoms. The quantitative estimate of drug-likeness (QED) is 0.612. The van der Waals surface area contributed by atoms with Gasteiger partial charge in [-0.25, -0.2) is 4.98 Å². The van der Waals surface area contributed by atoms with Gasteiger partial charge in [0.05, 0.1) is 6.42 Å². The number of amides is 3. The highest BCUT2D eigenvalue weighted by molar-refractivity contribution is 7.11. The Morgan fingerprint density at radius 1 is 1.03 bits per heavy atom. The van der Waals surface area contributed by atoms with E-state index in [2.05, 4.69) is 21.3 Å². The summed E-state index contributed by atoms with van der Waals surface area (Å²) in [4.78, 5) is 47.4. The standard InChI is InChI=1S/C26H25N5O3S/c32-23-14-19-12-18(4-5-22(19)28-23)17-2-1-3-20(13-17)31-16-21(15-24(31)33)29-7-9-30(10-8-29)26(34)25-27-6-11-35-25/h1-6,11-13,21H,7-10,14-16H2,(H,28,32). The highest BCUT2D eigenvalue weighted by Gasteiger charge is 2.36. The molecular weight excluding hydrogens is 462 g/mol. The Morgan fingerprint density at radius 3 is 2.66 bits per heavy atom. The molecule has 9 heteroatoms. The minimum atomic E-state index is -0.00714. The third-order valence-electron chi connectivity index (χ3n) is 7.06. The van der Waals surface area contributed by atoms with Gasteiger partial charge in [0.2, 0.25) is 11.8 Å². The van der Waals surface area contributed by atoms with Crippen molar-refractivity contribution in [2.24, 2.45) is 0 Å². The SMILES string of the molecule is O=C1Cc2cc(-c3cccc(N4CC(N5CCN(C(=O)c6nccs6)CC5)CC4=O)c3)ccc2N1. The van der Waals surface area contributed by atoms with Crippen molar-refractivity contribution in [3.05, 3.63) is 64.6 Å². The van der Waals surface area contributed by atoms with E-state index in [1.165, 1.54) is 11.3 Å². The number of hydrogen-bond acceptors (Lipinski definition) is 6. The molecule has 35 heavy (non-hydrogen) atoms. The zero-order valence-electron chi connectivity index (χ0n) is 19.1. The molecule has 1 unspecified atom stereocenters. The number of aromatic nitrogens is 1. The maximum atomic E-state index is 13.0. The first-order valence-electron chi connectivity index (χ1n) is 11.8. The summed E-state index contributed by atoms with van der Waals surface area (Å²) in [7, 11) is 0. The van der Waals surface area contributed by atoms with Crippen molar-refractivity contribution in [2.75, 3.05) is 42.9 Å². The van der Waals surface area contributed by atoms with E-state index in [0.717, 1.165) is 41.2 Å². The van der Waals surface area contributed by atoms with Crippen LogP contribution in [0, 0.1) is 0 Å². The van der Waals surface area contributed by atoms with Gasteiger partial charge in [0.25, 0.3) is 5.91 Å². The number of benzene rings is 2. The van der Waals surface area contributed by atoms with Crippen LogP contribution in [0.4, 0.5) is 11.4 Å². The van der Waals surface area contributed by atoms with Crippen molar-refractivity contribution >= 4 is 40.4 Å². The number of nitrogens with one attached hydrogen (secondary N) is 1. The number of hydrogen-bond donors (Lipinski definition) is 1. The molecule has 8 nitrogen and oxygen atoms in total. The minimum Gasteiger partial charge on any atom is -0.334 e. The molecule has 3 aliphatic rings. The van der Waals surface area contributed by atoms with Crippen molar-refractivity contribution < 1.29 is 14.4 Å². The molecule has 178 valence electrons. The van der Waals surface area contributed by atoms with E-state index in [9.17, 15) is 14.4 Å². The van der Waals surface area contributed by atoms with Gasteiger partial charge < -0.3 is 15.1 Å². The third-order valence-corrected chi connectivity index (χ3v) is 7.82. The van der Waals surface area contributed by atoms with Crippen molar-refractivity contribution in [2.45, 2.75) is 18.9 Å². The van der Waals surface area contributed by atoms with Gasteiger partial charge in [0.1, 0.15) is 0 Å². The summed E-state index contributed by atoms with van der Waals surface area (Å²) in [5.41, 5.74) is 4.83. The molecule has 1 N–H and O–H groups in total. The molecule has 0 radical (unpaired) electrons. The van der Waals surface area contributed by atoms with E-state index in [-0.39, 0.29) is 23.8 Å². The summed E-state index contributed by atoms with van der Waals surface area (Å²) >= 11 is 1.37. The average Bonchev–Trinajstić information content (AvgIpc) is 3.63. The second kappa shape index (κ2) is 8.90. The van der Waals surface area contributed by atoms with Gasteiger partial charge in [-0.15, -0.1) is 11.3 Å². The summed E-state index contributed by atoms with van der Waals surface area (Å²) < 4.78 is 0. The zero-order valence-corrected chi connectivity index (χ0v) is 20.0. The Balaban J connectivity index is 1.13. The Labute approximate surface area is 207 Å². The predicted molar refractivity (Wildman–Crippen MR) is 135 cm³/mol. The van der Waals surface area contributed by atoms with Crippen LogP contribution in [-0.4, -0.2) is 71.3 Å². The number of fused-ring (bicyclic) bond motifs is 1. The molecule has 3 aliphatic heterocycles. The first kappa shape index (κ1) is 21.9. The topological polar surface area (TPSA) is 85.9 Å². The number of carbonyl (C=O) groups excluding carboxylic acids is 3. The monoisotopic (exact) mass is 487 g/mol. The summed E-state index contributed by atoms with van der Waals surface area (Å²) in [6.45, 7) is 3.45. The molecule has 6 rings (SSSR count). The number of piperazine rings is 1. The van der Waals surface area contributed by atoms with Crippen molar-refractivity contribution in [3.63, 3.8) is 0 Å². The molecule has 4 heterocycles. The molecule has 3 aromatic rings. The molecule has 1 atom stereocenters. The molecular formula is C26H25N5O3S. The molecule has 0 saturated carbocycles. The molecule has 3 amide bonds. The fraction of sp³-hybridized carbons (Fsp3) is 0.308. The fourth-order valence-corrected chi connectivity index (χ4v) is 5.80. The minimum absolute atomic E-state index is 0.00714. The summed E-state index contributed by atoms with van der Waals surface area (Å²) in [6.07, 6.45) is 2.54. The van der Waals surface area contributed by atoms with Gasteiger partial charge >= 0.3 is 0 Å². The number of nitrogens with zero attached hydrogens (tertiary/aromatic N) is 4. The molecule has 2 saturated heterocycles. The number of carbonyl (C=O) groups is 3. The van der Waals surface area contributed by atoms with E-state index in [1.54, 1.807) is 6.20 Å². The molecule has 2 fully saturated rings. The van der Waals surface area contributed by atoms with Crippen LogP contribution in [0.25, 0.3) is 11.1 Å². The van der Waals surface area contributed by atoms with Gasteiger partial charge in [-0.05, 0) is 41.0 Å². The average molecular weight is 488 g/mol. The van der Waals surface area contributed by atoms with E-state index in [4.69, 9.17) is 0 Å². The summed E-state index contributed by atoms with van der Waals surface area (Å²) in [5, 5.41) is 5.22. The van der Waals surface area contributed by atoms with Gasteiger partial charge in [-0.3, -0.25) is 19.3 Å². The Bertz CT molecular complexity index is 1300. The van der Waals surface area contributed by atoms with Crippen molar-refractivity contribution in [3.8, 4) is 11.1 Å². The summed E-state index contributed by atoms with van der Waals surface area (Å²) in [6, 6.07) is 14.2. The smallest absolute Gasteiger partial charge is 0.282 e. The Morgan fingerprint density at radius 2 is 1.86 bits per heavy atom. The van der Waals surface area contributed by atoms with E-state index >= 15 is 0 Å². The number of rotatable bonds is 4. The Kier molecular flexibility index (Phi) is 5.58. The van der Waals surface area contributed by atoms with Crippen LogP contribution in [0.5, 0.6) is 0 Å². The lowest BCUT2D eigenvalue weighted by atomic mass is 10.0. The van der Waals surface area contributed by atoms with Crippen LogP contribution in [-0.2, 0) is 16.0 Å². The fourth-order valence-electron chi connectivity index (χ4n) is 5.20. The highest BCUT2D eigenvalue weighted by Crippen LogP contribution is 2.32. The largest absolute Gasteiger partial charge is 0.334 e. The second-order valence-corrected chi connectivity index (χ2v) is 10.1. The van der Waals surface area contributed by atoms with E-state index in [1.807, 2.05) is 51.6 Å². The molecule has 0 bridgehead atoms. The van der Waals surface area contributed by atoms with E-state index in [0.29, 0.717) is 37.5 Å². The van der Waals surface area contributed by atoms with Crippen LogP contribution in [0.15, 0.2) is 54.0 Å². The highest BCUT2D eigenvalue weighted by atomic mass is 32.1. The van der Waals surface area contributed by atoms with Crippen LogP contribution >= 0.6 is 11.3 Å². The lowest BCUT2D eigenvalue weighted by Crippen LogP contribution is -2.52. The van der Waals surface area contributed by atoms with Crippen LogP contribution in [0.1, 0.15) is 21.8 Å². The Hall–Kier alpha value is -3.56.